The third-order valence-electron chi connectivity index (χ3n) is 5.63. The van der Waals surface area contributed by atoms with E-state index in [1.54, 1.807) is 23.1 Å². The minimum Gasteiger partial charge on any atom is -0.469 e. The lowest BCUT2D eigenvalue weighted by Crippen LogP contribution is -2.42. The van der Waals surface area contributed by atoms with Crippen molar-refractivity contribution in [2.45, 2.75) is 32.6 Å². The highest BCUT2D eigenvalue weighted by atomic mass is 16.5. The lowest BCUT2D eigenvalue weighted by Gasteiger charge is -2.30. The first-order valence-electron chi connectivity index (χ1n) is 10.3. The van der Waals surface area contributed by atoms with Crippen molar-refractivity contribution >= 4 is 29.7 Å². The van der Waals surface area contributed by atoms with Crippen LogP contribution in [0.3, 0.4) is 0 Å². The largest absolute Gasteiger partial charge is 0.469 e. The van der Waals surface area contributed by atoms with Gasteiger partial charge in [-0.05, 0) is 38.3 Å². The second kappa shape index (κ2) is 9.72. The first-order valence-corrected chi connectivity index (χ1v) is 10.3. The van der Waals surface area contributed by atoms with Crippen molar-refractivity contribution in [2.24, 2.45) is 5.92 Å². The minimum absolute atomic E-state index is 0.00979. The maximum absolute atomic E-state index is 12.4. The number of ether oxygens (including phenoxy) is 2. The van der Waals surface area contributed by atoms with Crippen molar-refractivity contribution in [3.05, 3.63) is 34.9 Å². The fourth-order valence-corrected chi connectivity index (χ4v) is 3.83. The number of esters is 2. The fraction of sp³-hybridized carbons (Fsp3) is 0.500. The van der Waals surface area contributed by atoms with Crippen LogP contribution in [-0.4, -0.2) is 72.8 Å². The Morgan fingerprint density at radius 1 is 1.06 bits per heavy atom. The van der Waals surface area contributed by atoms with E-state index < -0.39 is 5.97 Å². The maximum atomic E-state index is 12.4. The molecule has 2 heterocycles. The molecule has 31 heavy (non-hydrogen) atoms. The molecule has 1 aromatic carbocycles. The van der Waals surface area contributed by atoms with Crippen LogP contribution >= 0.6 is 0 Å². The standard InChI is InChI=1S/C22H26N2O7/c1-14-5-6-16-17(12-14)21(28)24(20(16)27)9-3-4-19(26)31-13-18(25)23-10-7-15(8-11-23)22(29)30-2/h5-6,12,15H,3-4,7-11,13H2,1-2H3. The van der Waals surface area contributed by atoms with E-state index >= 15 is 0 Å². The van der Waals surface area contributed by atoms with Crippen LogP contribution in [0.5, 0.6) is 0 Å². The smallest absolute Gasteiger partial charge is 0.308 e. The number of likely N-dealkylation sites (tertiary alicyclic amines) is 1. The second-order valence-electron chi connectivity index (χ2n) is 7.75. The molecule has 3 amide bonds. The summed E-state index contributed by atoms with van der Waals surface area (Å²) >= 11 is 0. The van der Waals surface area contributed by atoms with Crippen LogP contribution in [0.4, 0.5) is 0 Å². The molecule has 0 bridgehead atoms. The first kappa shape index (κ1) is 22.5. The number of methoxy groups -OCH3 is 1. The molecule has 9 nitrogen and oxygen atoms in total. The van der Waals surface area contributed by atoms with Crippen LogP contribution in [-0.2, 0) is 23.9 Å². The average Bonchev–Trinajstić information content (AvgIpc) is 3.01. The summed E-state index contributed by atoms with van der Waals surface area (Å²) in [5, 5.41) is 0. The number of piperidine rings is 1. The maximum Gasteiger partial charge on any atom is 0.308 e. The Morgan fingerprint density at radius 2 is 1.74 bits per heavy atom. The number of rotatable bonds is 7. The van der Waals surface area contributed by atoms with Gasteiger partial charge in [0.05, 0.1) is 24.2 Å². The van der Waals surface area contributed by atoms with Gasteiger partial charge in [0.15, 0.2) is 6.61 Å². The van der Waals surface area contributed by atoms with E-state index in [0.29, 0.717) is 37.1 Å². The van der Waals surface area contributed by atoms with Crippen molar-refractivity contribution in [1.29, 1.82) is 0 Å². The molecule has 0 aromatic heterocycles. The van der Waals surface area contributed by atoms with Gasteiger partial charge in [-0.1, -0.05) is 11.6 Å². The molecule has 0 unspecified atom stereocenters. The number of carbonyl (C=O) groups is 5. The SMILES string of the molecule is COC(=O)C1CCN(C(=O)COC(=O)CCCN2C(=O)c3ccc(C)cc3C2=O)CC1. The summed E-state index contributed by atoms with van der Waals surface area (Å²) in [6.07, 6.45) is 1.28. The van der Waals surface area contributed by atoms with Crippen molar-refractivity contribution in [3.8, 4) is 0 Å². The summed E-state index contributed by atoms with van der Waals surface area (Å²) in [6, 6.07) is 5.10. The Morgan fingerprint density at radius 3 is 2.42 bits per heavy atom. The molecule has 0 spiro atoms. The van der Waals surface area contributed by atoms with Crippen LogP contribution < -0.4 is 0 Å². The van der Waals surface area contributed by atoms with Crippen LogP contribution in [0.15, 0.2) is 18.2 Å². The van der Waals surface area contributed by atoms with Crippen LogP contribution in [0.25, 0.3) is 0 Å². The van der Waals surface area contributed by atoms with Gasteiger partial charge in [-0.3, -0.25) is 28.9 Å². The van der Waals surface area contributed by atoms with Gasteiger partial charge in [-0.15, -0.1) is 0 Å². The third-order valence-corrected chi connectivity index (χ3v) is 5.63. The molecule has 1 saturated heterocycles. The zero-order valence-corrected chi connectivity index (χ0v) is 17.7. The summed E-state index contributed by atoms with van der Waals surface area (Å²) in [4.78, 5) is 63.2. The molecule has 2 aliphatic rings. The molecule has 0 radical (unpaired) electrons. The number of amides is 3. The van der Waals surface area contributed by atoms with E-state index in [9.17, 15) is 24.0 Å². The van der Waals surface area contributed by atoms with Gasteiger partial charge in [0.2, 0.25) is 0 Å². The summed E-state index contributed by atoms with van der Waals surface area (Å²) in [6.45, 7) is 2.41. The Balaban J connectivity index is 1.38. The Labute approximate surface area is 180 Å². The number of aryl methyl sites for hydroxylation is 1. The number of fused-ring (bicyclic) bond motifs is 1. The summed E-state index contributed by atoms with van der Waals surface area (Å²) in [5.74, 6) is -2.08. The normalized spacial score (nSPS) is 16.3. The molecule has 166 valence electrons. The highest BCUT2D eigenvalue weighted by molar-refractivity contribution is 6.21. The number of hydrogen-bond acceptors (Lipinski definition) is 7. The number of benzene rings is 1. The summed E-state index contributed by atoms with van der Waals surface area (Å²) in [5.41, 5.74) is 1.65. The lowest BCUT2D eigenvalue weighted by molar-refractivity contribution is -0.154. The first-order chi connectivity index (χ1) is 14.8. The zero-order valence-electron chi connectivity index (χ0n) is 17.7. The number of carbonyl (C=O) groups excluding carboxylic acids is 5. The molecule has 1 fully saturated rings. The molecule has 3 rings (SSSR count). The van der Waals surface area contributed by atoms with E-state index in [1.807, 2.05) is 6.92 Å². The Bertz CT molecular complexity index is 903. The van der Waals surface area contributed by atoms with Crippen molar-refractivity contribution in [1.82, 2.24) is 9.80 Å². The molecule has 0 aliphatic carbocycles. The quantitative estimate of drug-likeness (QED) is 0.474. The number of imide groups is 1. The topological polar surface area (TPSA) is 110 Å². The van der Waals surface area contributed by atoms with Crippen LogP contribution in [0, 0.1) is 12.8 Å². The van der Waals surface area contributed by atoms with Crippen LogP contribution in [0.1, 0.15) is 52.0 Å². The van der Waals surface area contributed by atoms with Crippen molar-refractivity contribution in [2.75, 3.05) is 33.4 Å². The van der Waals surface area contributed by atoms with Gasteiger partial charge in [0.25, 0.3) is 17.7 Å². The lowest BCUT2D eigenvalue weighted by atomic mass is 9.97. The molecule has 0 N–H and O–H groups in total. The molecule has 9 heteroatoms. The fourth-order valence-electron chi connectivity index (χ4n) is 3.83. The molecular weight excluding hydrogens is 404 g/mol. The molecular formula is C22H26N2O7. The molecule has 1 aromatic rings. The second-order valence-corrected chi connectivity index (χ2v) is 7.75. The van der Waals surface area contributed by atoms with E-state index in [4.69, 9.17) is 9.47 Å². The van der Waals surface area contributed by atoms with Gasteiger partial charge < -0.3 is 14.4 Å². The number of hydrogen-bond donors (Lipinski definition) is 0. The van der Waals surface area contributed by atoms with Gasteiger partial charge in [0, 0.05) is 26.1 Å². The van der Waals surface area contributed by atoms with Crippen molar-refractivity contribution < 1.29 is 33.4 Å². The molecule has 2 aliphatic heterocycles. The van der Waals surface area contributed by atoms with Gasteiger partial charge in [0.1, 0.15) is 0 Å². The van der Waals surface area contributed by atoms with Gasteiger partial charge in [-0.25, -0.2) is 0 Å². The molecule has 0 saturated carbocycles. The molecule has 0 atom stereocenters. The van der Waals surface area contributed by atoms with Crippen LogP contribution in [0.2, 0.25) is 0 Å². The summed E-state index contributed by atoms with van der Waals surface area (Å²) in [7, 11) is 1.34. The summed E-state index contributed by atoms with van der Waals surface area (Å²) < 4.78 is 9.76. The van der Waals surface area contributed by atoms with E-state index in [-0.39, 0.29) is 55.6 Å². The van der Waals surface area contributed by atoms with Gasteiger partial charge in [-0.2, -0.15) is 0 Å². The predicted molar refractivity (Wildman–Crippen MR) is 108 cm³/mol. The van der Waals surface area contributed by atoms with E-state index in [2.05, 4.69) is 0 Å². The Hall–Kier alpha value is -3.23. The minimum atomic E-state index is -0.565. The highest BCUT2D eigenvalue weighted by Gasteiger charge is 2.35. The monoisotopic (exact) mass is 430 g/mol. The van der Waals surface area contributed by atoms with E-state index in [1.165, 1.54) is 7.11 Å². The third kappa shape index (κ3) is 5.10. The van der Waals surface area contributed by atoms with Crippen molar-refractivity contribution in [3.63, 3.8) is 0 Å². The van der Waals surface area contributed by atoms with Gasteiger partial charge >= 0.3 is 11.9 Å². The Kier molecular flexibility index (Phi) is 7.04. The average molecular weight is 430 g/mol. The number of nitrogens with zero attached hydrogens (tertiary/aromatic N) is 2. The van der Waals surface area contributed by atoms with E-state index in [0.717, 1.165) is 10.5 Å². The zero-order chi connectivity index (χ0) is 22.5. The predicted octanol–water partition coefficient (Wildman–Crippen LogP) is 1.33. The highest BCUT2D eigenvalue weighted by Crippen LogP contribution is 2.24.